The third-order valence-electron chi connectivity index (χ3n) is 3.61. The van der Waals surface area contributed by atoms with Crippen LogP contribution in [-0.2, 0) is 21.0 Å². The summed E-state index contributed by atoms with van der Waals surface area (Å²) in [5.74, 6) is -0.722. The number of rotatable bonds is 5. The van der Waals surface area contributed by atoms with Gasteiger partial charge in [0, 0.05) is 10.7 Å². The average Bonchev–Trinajstić information content (AvgIpc) is 2.53. The van der Waals surface area contributed by atoms with E-state index in [0.717, 1.165) is 18.4 Å². The number of halogens is 4. The van der Waals surface area contributed by atoms with Gasteiger partial charge in [-0.3, -0.25) is 9.10 Å². The van der Waals surface area contributed by atoms with Gasteiger partial charge in [0.1, 0.15) is 6.04 Å². The Balaban J connectivity index is 2.38. The highest BCUT2D eigenvalue weighted by Crippen LogP contribution is 2.33. The summed E-state index contributed by atoms with van der Waals surface area (Å²) < 4.78 is 63.9. The summed E-state index contributed by atoms with van der Waals surface area (Å²) in [6, 6.07) is 8.66. The molecule has 0 spiro atoms. The van der Waals surface area contributed by atoms with E-state index in [2.05, 4.69) is 5.32 Å². The highest BCUT2D eigenvalue weighted by molar-refractivity contribution is 7.92. The van der Waals surface area contributed by atoms with Crippen molar-refractivity contribution < 1.29 is 26.4 Å². The number of hydrogen-bond donors (Lipinski definition) is 1. The van der Waals surface area contributed by atoms with Crippen molar-refractivity contribution in [2.75, 3.05) is 15.9 Å². The highest BCUT2D eigenvalue weighted by Gasteiger charge is 2.34. The molecule has 146 valence electrons. The van der Waals surface area contributed by atoms with Crippen LogP contribution in [0.4, 0.5) is 24.5 Å². The second-order valence-corrected chi connectivity index (χ2v) is 8.08. The molecule has 0 radical (unpaired) electrons. The van der Waals surface area contributed by atoms with Gasteiger partial charge in [0.15, 0.2) is 0 Å². The van der Waals surface area contributed by atoms with Crippen LogP contribution >= 0.6 is 11.6 Å². The highest BCUT2D eigenvalue weighted by atomic mass is 35.5. The van der Waals surface area contributed by atoms with E-state index in [1.54, 1.807) is 18.2 Å². The standard InChI is InChI=1S/C17H16ClF3N2O3S/c1-11(16(24)22-14-7-4-6-13(18)10-14)23(27(2,25)26)15-8-3-5-12(9-15)17(19,20)21/h3-11H,1-2H3,(H,22,24)/t11-/m0/s1. The third-order valence-corrected chi connectivity index (χ3v) is 5.09. The van der Waals surface area contributed by atoms with Crippen LogP contribution < -0.4 is 9.62 Å². The number of nitrogens with one attached hydrogen (secondary N) is 1. The van der Waals surface area contributed by atoms with Crippen LogP contribution in [0.3, 0.4) is 0 Å². The van der Waals surface area contributed by atoms with Crippen molar-refractivity contribution in [2.45, 2.75) is 19.1 Å². The average molecular weight is 421 g/mol. The molecule has 2 rings (SSSR count). The number of carbonyl (C=O) groups excluding carboxylic acids is 1. The van der Waals surface area contributed by atoms with Gasteiger partial charge in [-0.05, 0) is 43.3 Å². The molecule has 0 aliphatic rings. The first-order chi connectivity index (χ1) is 12.4. The predicted octanol–water partition coefficient (Wildman–Crippen LogP) is 4.15. The molecule has 0 bridgehead atoms. The van der Waals surface area contributed by atoms with Gasteiger partial charge in [-0.15, -0.1) is 0 Å². The van der Waals surface area contributed by atoms with Crippen LogP contribution in [0.1, 0.15) is 12.5 Å². The van der Waals surface area contributed by atoms with E-state index < -0.39 is 33.7 Å². The van der Waals surface area contributed by atoms with Crippen LogP contribution in [0.15, 0.2) is 48.5 Å². The Morgan fingerprint density at radius 3 is 2.33 bits per heavy atom. The van der Waals surface area contributed by atoms with Crippen LogP contribution in [-0.4, -0.2) is 26.6 Å². The fourth-order valence-electron chi connectivity index (χ4n) is 2.44. The Morgan fingerprint density at radius 1 is 1.15 bits per heavy atom. The first kappa shape index (κ1) is 21.0. The van der Waals surface area contributed by atoms with E-state index in [1.165, 1.54) is 19.1 Å². The van der Waals surface area contributed by atoms with Crippen molar-refractivity contribution in [3.63, 3.8) is 0 Å². The van der Waals surface area contributed by atoms with Crippen molar-refractivity contribution in [3.05, 3.63) is 59.1 Å². The van der Waals surface area contributed by atoms with Gasteiger partial charge in [0.2, 0.25) is 15.9 Å². The molecule has 0 aliphatic carbocycles. The summed E-state index contributed by atoms with van der Waals surface area (Å²) >= 11 is 5.83. The largest absolute Gasteiger partial charge is 0.416 e. The van der Waals surface area contributed by atoms with Crippen LogP contribution in [0, 0.1) is 0 Å². The molecule has 10 heteroatoms. The van der Waals surface area contributed by atoms with Crippen molar-refractivity contribution in [1.82, 2.24) is 0 Å². The fraction of sp³-hybridized carbons (Fsp3) is 0.235. The summed E-state index contributed by atoms with van der Waals surface area (Å²) in [6.07, 6.45) is -3.83. The van der Waals surface area contributed by atoms with Gasteiger partial charge < -0.3 is 5.32 Å². The van der Waals surface area contributed by atoms with Crippen molar-refractivity contribution in [1.29, 1.82) is 0 Å². The van der Waals surface area contributed by atoms with Crippen LogP contribution in [0.25, 0.3) is 0 Å². The number of alkyl halides is 3. The number of hydrogen-bond acceptors (Lipinski definition) is 3. The molecule has 0 aliphatic heterocycles. The lowest BCUT2D eigenvalue weighted by atomic mass is 10.1. The Hall–Kier alpha value is -2.26. The first-order valence-electron chi connectivity index (χ1n) is 7.62. The minimum atomic E-state index is -4.65. The van der Waals surface area contributed by atoms with Gasteiger partial charge in [-0.1, -0.05) is 23.7 Å². The molecule has 0 aromatic heterocycles. The van der Waals surface area contributed by atoms with E-state index in [0.29, 0.717) is 21.1 Å². The molecule has 0 saturated heterocycles. The van der Waals surface area contributed by atoms with E-state index in [1.807, 2.05) is 0 Å². The van der Waals surface area contributed by atoms with Crippen molar-refractivity contribution in [2.24, 2.45) is 0 Å². The molecule has 5 nitrogen and oxygen atoms in total. The molecule has 0 unspecified atom stereocenters. The molecule has 2 aromatic rings. The molecular formula is C17H16ClF3N2O3S. The van der Waals surface area contributed by atoms with Crippen LogP contribution in [0.2, 0.25) is 5.02 Å². The zero-order valence-electron chi connectivity index (χ0n) is 14.3. The zero-order valence-corrected chi connectivity index (χ0v) is 15.9. The zero-order chi connectivity index (χ0) is 20.4. The fourth-order valence-corrected chi connectivity index (χ4v) is 3.80. The second-order valence-electron chi connectivity index (χ2n) is 5.78. The second kappa shape index (κ2) is 7.77. The molecule has 1 atom stereocenters. The quantitative estimate of drug-likeness (QED) is 0.790. The molecule has 1 N–H and O–H groups in total. The van der Waals surface area contributed by atoms with E-state index in [4.69, 9.17) is 11.6 Å². The van der Waals surface area contributed by atoms with Gasteiger partial charge in [-0.2, -0.15) is 13.2 Å². The van der Waals surface area contributed by atoms with E-state index in [-0.39, 0.29) is 5.69 Å². The lowest BCUT2D eigenvalue weighted by Gasteiger charge is -2.28. The molecule has 0 heterocycles. The molecule has 2 aromatic carbocycles. The lowest BCUT2D eigenvalue weighted by Crippen LogP contribution is -2.45. The summed E-state index contributed by atoms with van der Waals surface area (Å²) in [7, 11) is -4.05. The number of nitrogens with zero attached hydrogens (tertiary/aromatic N) is 1. The predicted molar refractivity (Wildman–Crippen MR) is 98.3 cm³/mol. The monoisotopic (exact) mass is 420 g/mol. The normalized spacial score (nSPS) is 13.1. The van der Waals surface area contributed by atoms with Gasteiger partial charge in [0.05, 0.1) is 17.5 Å². The number of benzene rings is 2. The molecule has 0 saturated carbocycles. The Kier molecular flexibility index (Phi) is 6.06. The smallest absolute Gasteiger partial charge is 0.324 e. The summed E-state index contributed by atoms with van der Waals surface area (Å²) in [4.78, 5) is 12.5. The minimum absolute atomic E-state index is 0.263. The molecule has 27 heavy (non-hydrogen) atoms. The molecule has 0 fully saturated rings. The molecular weight excluding hydrogens is 405 g/mol. The molecule has 1 amide bonds. The van der Waals surface area contributed by atoms with Gasteiger partial charge >= 0.3 is 6.18 Å². The maximum atomic E-state index is 13.0. The van der Waals surface area contributed by atoms with Crippen molar-refractivity contribution in [3.8, 4) is 0 Å². The van der Waals surface area contributed by atoms with Gasteiger partial charge in [-0.25, -0.2) is 8.42 Å². The van der Waals surface area contributed by atoms with E-state index in [9.17, 15) is 26.4 Å². The maximum Gasteiger partial charge on any atom is 0.416 e. The third kappa shape index (κ3) is 5.36. The first-order valence-corrected chi connectivity index (χ1v) is 9.85. The number of amides is 1. The topological polar surface area (TPSA) is 66.5 Å². The summed E-state index contributed by atoms with van der Waals surface area (Å²) in [5.41, 5.74) is -0.950. The van der Waals surface area contributed by atoms with Gasteiger partial charge in [0.25, 0.3) is 0 Å². The van der Waals surface area contributed by atoms with Crippen molar-refractivity contribution >= 4 is 38.9 Å². The lowest BCUT2D eigenvalue weighted by molar-refractivity contribution is -0.137. The number of anilines is 2. The number of carbonyl (C=O) groups is 1. The Labute approximate surface area is 159 Å². The van der Waals surface area contributed by atoms with Crippen LogP contribution in [0.5, 0.6) is 0 Å². The minimum Gasteiger partial charge on any atom is -0.324 e. The Bertz CT molecular complexity index is 948. The van der Waals surface area contributed by atoms with E-state index >= 15 is 0 Å². The Morgan fingerprint density at radius 2 is 1.78 bits per heavy atom. The number of sulfonamides is 1. The summed E-state index contributed by atoms with van der Waals surface area (Å²) in [6.45, 7) is 1.28. The summed E-state index contributed by atoms with van der Waals surface area (Å²) in [5, 5.41) is 2.86. The SMILES string of the molecule is C[C@@H](C(=O)Nc1cccc(Cl)c1)N(c1cccc(C(F)(F)F)c1)S(C)(=O)=O. The maximum absolute atomic E-state index is 13.0.